The van der Waals surface area contributed by atoms with Crippen LogP contribution in [0.3, 0.4) is 0 Å². The molecule has 0 unspecified atom stereocenters. The lowest BCUT2D eigenvalue weighted by Crippen LogP contribution is -2.42. The first kappa shape index (κ1) is 18.1. The van der Waals surface area contributed by atoms with Crippen molar-refractivity contribution in [1.82, 2.24) is 0 Å². The lowest BCUT2D eigenvalue weighted by atomic mass is 9.75. The van der Waals surface area contributed by atoms with E-state index in [9.17, 15) is 14.7 Å². The highest BCUT2D eigenvalue weighted by atomic mass is 16.5. The van der Waals surface area contributed by atoms with Crippen molar-refractivity contribution in [2.75, 3.05) is 18.6 Å². The zero-order chi connectivity index (χ0) is 18.6. The number of para-hydroxylation sites is 1. The van der Waals surface area contributed by atoms with Crippen LogP contribution in [0.25, 0.3) is 0 Å². The fourth-order valence-corrected chi connectivity index (χ4v) is 3.80. The van der Waals surface area contributed by atoms with E-state index in [0.717, 1.165) is 16.8 Å². The smallest absolute Gasteiger partial charge is 0.304 e. The monoisotopic (exact) mass is 353 g/mol. The maximum Gasteiger partial charge on any atom is 0.304 e. The summed E-state index contributed by atoms with van der Waals surface area (Å²) in [6, 6.07) is 17.3. The number of hydrogen-bond acceptors (Lipinski definition) is 3. The Morgan fingerprint density at radius 3 is 2.50 bits per heavy atom. The molecule has 1 N–H and O–H groups in total. The first-order valence-corrected chi connectivity index (χ1v) is 8.74. The van der Waals surface area contributed by atoms with Crippen molar-refractivity contribution in [2.45, 2.75) is 31.2 Å². The van der Waals surface area contributed by atoms with Crippen molar-refractivity contribution in [2.24, 2.45) is 0 Å². The Bertz CT molecular complexity index is 790. The minimum Gasteiger partial charge on any atom is -0.481 e. The molecule has 0 bridgehead atoms. The summed E-state index contributed by atoms with van der Waals surface area (Å²) in [7, 11) is 1.61. The molecule has 1 amide bonds. The lowest BCUT2D eigenvalue weighted by Gasteiger charge is -2.27. The summed E-state index contributed by atoms with van der Waals surface area (Å²) in [5, 5.41) is 9.51. The van der Waals surface area contributed by atoms with Gasteiger partial charge in [-0.05, 0) is 30.0 Å². The number of rotatable bonds is 8. The van der Waals surface area contributed by atoms with Crippen LogP contribution in [0.1, 0.15) is 30.4 Å². The van der Waals surface area contributed by atoms with Gasteiger partial charge in [-0.25, -0.2) is 0 Å². The Morgan fingerprint density at radius 2 is 1.81 bits per heavy atom. The van der Waals surface area contributed by atoms with Crippen LogP contribution in [0, 0.1) is 0 Å². The zero-order valence-corrected chi connectivity index (χ0v) is 14.9. The minimum atomic E-state index is -1.03. The number of carboxylic acids is 1. The highest BCUT2D eigenvalue weighted by Gasteiger charge is 2.51. The summed E-state index contributed by atoms with van der Waals surface area (Å²) in [5.41, 5.74) is 1.59. The summed E-state index contributed by atoms with van der Waals surface area (Å²) in [6.07, 6.45) is 0.870. The summed E-state index contributed by atoms with van der Waals surface area (Å²) < 4.78 is 5.12. The molecular weight excluding hydrogens is 330 g/mol. The molecule has 0 fully saturated rings. The van der Waals surface area contributed by atoms with Crippen molar-refractivity contribution in [3.05, 3.63) is 65.7 Å². The fourth-order valence-electron chi connectivity index (χ4n) is 3.80. The minimum absolute atomic E-state index is 0.138. The molecule has 1 aliphatic heterocycles. The third-order valence-electron chi connectivity index (χ3n) is 4.95. The average molecular weight is 353 g/mol. The van der Waals surface area contributed by atoms with Crippen LogP contribution in [-0.2, 0) is 26.3 Å². The number of anilines is 1. The van der Waals surface area contributed by atoms with Gasteiger partial charge < -0.3 is 14.7 Å². The average Bonchev–Trinajstić information content (AvgIpc) is 2.86. The second-order valence-corrected chi connectivity index (χ2v) is 6.64. The van der Waals surface area contributed by atoms with Crippen LogP contribution in [0.4, 0.5) is 5.69 Å². The Balaban J connectivity index is 2.01. The highest BCUT2D eigenvalue weighted by Crippen LogP contribution is 2.47. The molecule has 5 heteroatoms. The second kappa shape index (κ2) is 7.70. The Kier molecular flexibility index (Phi) is 5.38. The van der Waals surface area contributed by atoms with Gasteiger partial charge in [0.25, 0.3) is 0 Å². The molecule has 136 valence electrons. The van der Waals surface area contributed by atoms with E-state index in [1.807, 2.05) is 54.6 Å². The Hall–Kier alpha value is -2.66. The van der Waals surface area contributed by atoms with Crippen LogP contribution in [-0.4, -0.2) is 30.7 Å². The summed E-state index contributed by atoms with van der Waals surface area (Å²) in [4.78, 5) is 26.8. The van der Waals surface area contributed by atoms with Crippen LogP contribution < -0.4 is 4.90 Å². The molecule has 3 rings (SSSR count). The number of nitrogens with zero attached hydrogens (tertiary/aromatic N) is 1. The number of methoxy groups -OCH3 is 1. The highest BCUT2D eigenvalue weighted by molar-refractivity contribution is 6.09. The molecule has 0 radical (unpaired) electrons. The van der Waals surface area contributed by atoms with E-state index < -0.39 is 11.4 Å². The molecule has 1 heterocycles. The quantitative estimate of drug-likeness (QED) is 0.739. The van der Waals surface area contributed by atoms with Crippen molar-refractivity contribution >= 4 is 17.6 Å². The number of benzene rings is 2. The standard InChI is InChI=1S/C21H23NO4/c1-26-13-7-12-21(14-19(23)24)17-10-5-6-11-18(17)22(20(21)25)15-16-8-3-2-4-9-16/h2-6,8-11H,7,12-15H2,1H3,(H,23,24)/t21-/m1/s1. The number of hydrogen-bond donors (Lipinski definition) is 1. The summed E-state index contributed by atoms with van der Waals surface area (Å²) >= 11 is 0. The third-order valence-corrected chi connectivity index (χ3v) is 4.95. The van der Waals surface area contributed by atoms with Crippen LogP contribution in [0.2, 0.25) is 0 Å². The number of carbonyl (C=O) groups excluding carboxylic acids is 1. The molecule has 0 spiro atoms. The number of ether oxygens (including phenoxy) is 1. The van der Waals surface area contributed by atoms with Crippen molar-refractivity contribution in [3.8, 4) is 0 Å². The number of fused-ring (bicyclic) bond motifs is 1. The van der Waals surface area contributed by atoms with Crippen LogP contribution in [0.5, 0.6) is 0 Å². The lowest BCUT2D eigenvalue weighted by molar-refractivity contribution is -0.141. The van der Waals surface area contributed by atoms with Crippen molar-refractivity contribution in [3.63, 3.8) is 0 Å². The van der Waals surface area contributed by atoms with Gasteiger partial charge in [0.05, 0.1) is 18.4 Å². The maximum atomic E-state index is 13.4. The predicted octanol–water partition coefficient (Wildman–Crippen LogP) is 3.37. The van der Waals surface area contributed by atoms with E-state index >= 15 is 0 Å². The van der Waals surface area contributed by atoms with E-state index in [1.165, 1.54) is 0 Å². The number of amides is 1. The Morgan fingerprint density at radius 1 is 1.12 bits per heavy atom. The third kappa shape index (κ3) is 3.35. The van der Waals surface area contributed by atoms with E-state index in [0.29, 0.717) is 26.0 Å². The van der Waals surface area contributed by atoms with Crippen molar-refractivity contribution < 1.29 is 19.4 Å². The maximum absolute atomic E-state index is 13.4. The van der Waals surface area contributed by atoms with Crippen molar-refractivity contribution in [1.29, 1.82) is 0 Å². The van der Waals surface area contributed by atoms with Gasteiger partial charge in [0, 0.05) is 19.4 Å². The molecule has 2 aromatic rings. The predicted molar refractivity (Wildman–Crippen MR) is 99.1 cm³/mol. The molecule has 0 saturated heterocycles. The van der Waals surface area contributed by atoms with Gasteiger partial charge in [-0.3, -0.25) is 9.59 Å². The molecular formula is C21H23NO4. The fraction of sp³-hybridized carbons (Fsp3) is 0.333. The van der Waals surface area contributed by atoms with Gasteiger partial charge in [-0.15, -0.1) is 0 Å². The normalized spacial score (nSPS) is 18.8. The zero-order valence-electron chi connectivity index (χ0n) is 14.9. The summed E-state index contributed by atoms with van der Waals surface area (Å²) in [5.74, 6) is -1.10. The molecule has 26 heavy (non-hydrogen) atoms. The van der Waals surface area contributed by atoms with Gasteiger partial charge in [0.2, 0.25) is 5.91 Å². The van der Waals surface area contributed by atoms with E-state index in [4.69, 9.17) is 4.74 Å². The summed E-state index contributed by atoms with van der Waals surface area (Å²) in [6.45, 7) is 0.928. The molecule has 0 saturated carbocycles. The van der Waals surface area contributed by atoms with Gasteiger partial charge in [0.15, 0.2) is 0 Å². The van der Waals surface area contributed by atoms with E-state index in [1.54, 1.807) is 12.0 Å². The topological polar surface area (TPSA) is 66.8 Å². The van der Waals surface area contributed by atoms with Gasteiger partial charge in [-0.2, -0.15) is 0 Å². The second-order valence-electron chi connectivity index (χ2n) is 6.64. The largest absolute Gasteiger partial charge is 0.481 e. The van der Waals surface area contributed by atoms with E-state index in [2.05, 4.69) is 0 Å². The van der Waals surface area contributed by atoms with Crippen LogP contribution in [0.15, 0.2) is 54.6 Å². The molecule has 1 atom stereocenters. The number of carboxylic acid groups (broad SMARTS) is 1. The van der Waals surface area contributed by atoms with Gasteiger partial charge >= 0.3 is 5.97 Å². The molecule has 1 aliphatic rings. The SMILES string of the molecule is COCCC[C@]1(CC(=O)O)C(=O)N(Cc2ccccc2)c2ccccc21. The number of carbonyl (C=O) groups is 2. The van der Waals surface area contributed by atoms with E-state index in [-0.39, 0.29) is 12.3 Å². The Labute approximate surface area is 153 Å². The molecule has 5 nitrogen and oxygen atoms in total. The first-order valence-electron chi connectivity index (χ1n) is 8.74. The molecule has 0 aliphatic carbocycles. The molecule has 2 aromatic carbocycles. The van der Waals surface area contributed by atoms with Gasteiger partial charge in [0.1, 0.15) is 0 Å². The van der Waals surface area contributed by atoms with Gasteiger partial charge in [-0.1, -0.05) is 48.5 Å². The van der Waals surface area contributed by atoms with Crippen LogP contribution >= 0.6 is 0 Å². The number of aliphatic carboxylic acids is 1. The molecule has 0 aromatic heterocycles. The first-order chi connectivity index (χ1) is 12.6.